The van der Waals surface area contributed by atoms with Crippen LogP contribution in [0.2, 0.25) is 0 Å². The summed E-state index contributed by atoms with van der Waals surface area (Å²) in [6.45, 7) is 1.35. The highest BCUT2D eigenvalue weighted by Gasteiger charge is 2.13. The van der Waals surface area contributed by atoms with Crippen molar-refractivity contribution in [2.45, 2.75) is 6.92 Å². The minimum absolute atomic E-state index is 0.142. The van der Waals surface area contributed by atoms with Crippen LogP contribution in [0.15, 0.2) is 57.7 Å². The van der Waals surface area contributed by atoms with E-state index in [2.05, 4.69) is 5.32 Å². The van der Waals surface area contributed by atoms with Gasteiger partial charge in [0.2, 0.25) is 5.91 Å². The van der Waals surface area contributed by atoms with E-state index < -0.39 is 0 Å². The molecule has 5 heteroatoms. The third-order valence-electron chi connectivity index (χ3n) is 3.25. The van der Waals surface area contributed by atoms with E-state index in [1.54, 1.807) is 42.5 Å². The molecular weight excluding hydrogens is 282 g/mol. The third-order valence-corrected chi connectivity index (χ3v) is 3.25. The van der Waals surface area contributed by atoms with Crippen molar-refractivity contribution in [2.24, 2.45) is 0 Å². The summed E-state index contributed by atoms with van der Waals surface area (Å²) >= 11 is 0. The van der Waals surface area contributed by atoms with Gasteiger partial charge in [0.15, 0.2) is 5.43 Å². The number of carbonyl (C=O) groups excluding carboxylic acids is 1. The van der Waals surface area contributed by atoms with Gasteiger partial charge in [0, 0.05) is 13.0 Å². The summed E-state index contributed by atoms with van der Waals surface area (Å²) in [6, 6.07) is 13.1. The number of rotatable bonds is 2. The lowest BCUT2D eigenvalue weighted by Crippen LogP contribution is -2.06. The van der Waals surface area contributed by atoms with E-state index in [1.165, 1.54) is 13.0 Å². The lowest BCUT2D eigenvalue weighted by atomic mass is 10.1. The van der Waals surface area contributed by atoms with Crippen LogP contribution in [0.1, 0.15) is 6.92 Å². The zero-order valence-corrected chi connectivity index (χ0v) is 11.8. The highest BCUT2D eigenvalue weighted by atomic mass is 16.3. The van der Waals surface area contributed by atoms with Gasteiger partial charge in [-0.25, -0.2) is 0 Å². The smallest absolute Gasteiger partial charge is 0.221 e. The molecular formula is C17H13NO4. The fourth-order valence-electron chi connectivity index (χ4n) is 2.27. The van der Waals surface area contributed by atoms with Gasteiger partial charge in [0.05, 0.1) is 16.6 Å². The van der Waals surface area contributed by atoms with Crippen molar-refractivity contribution in [3.63, 3.8) is 0 Å². The number of hydrogen-bond donors (Lipinski definition) is 2. The Kier molecular flexibility index (Phi) is 3.39. The molecule has 0 bridgehead atoms. The molecule has 0 fully saturated rings. The number of amides is 1. The number of phenolic OH excluding ortho intramolecular Hbond substituents is 1. The molecule has 0 unspecified atom stereocenters. The maximum absolute atomic E-state index is 12.1. The number of para-hydroxylation sites is 2. The fraction of sp³-hybridized carbons (Fsp3) is 0.0588. The fourth-order valence-corrected chi connectivity index (χ4v) is 2.27. The zero-order valence-electron chi connectivity index (χ0n) is 11.8. The van der Waals surface area contributed by atoms with Crippen molar-refractivity contribution in [3.05, 3.63) is 58.8 Å². The van der Waals surface area contributed by atoms with Gasteiger partial charge in [-0.1, -0.05) is 18.2 Å². The van der Waals surface area contributed by atoms with Crippen LogP contribution in [0.5, 0.6) is 5.75 Å². The van der Waals surface area contributed by atoms with Crippen molar-refractivity contribution >= 4 is 22.6 Å². The Balaban J connectivity index is 2.19. The molecule has 1 heterocycles. The SMILES string of the molecule is CC(=O)Nc1cccc(-c2cc(=O)c3ccccc3o2)c1O. The topological polar surface area (TPSA) is 79.5 Å². The summed E-state index contributed by atoms with van der Waals surface area (Å²) in [5.74, 6) is -0.197. The first-order valence-electron chi connectivity index (χ1n) is 6.69. The van der Waals surface area contributed by atoms with Gasteiger partial charge in [0.1, 0.15) is 17.1 Å². The molecule has 0 radical (unpaired) electrons. The van der Waals surface area contributed by atoms with Crippen molar-refractivity contribution in [2.75, 3.05) is 5.32 Å². The van der Waals surface area contributed by atoms with E-state index in [0.29, 0.717) is 16.5 Å². The Hall–Kier alpha value is -3.08. The molecule has 0 aliphatic rings. The van der Waals surface area contributed by atoms with E-state index in [9.17, 15) is 14.7 Å². The first-order chi connectivity index (χ1) is 10.6. The monoisotopic (exact) mass is 295 g/mol. The molecule has 0 saturated heterocycles. The van der Waals surface area contributed by atoms with Gasteiger partial charge >= 0.3 is 0 Å². The summed E-state index contributed by atoms with van der Waals surface area (Å²) in [6.07, 6.45) is 0. The van der Waals surface area contributed by atoms with Crippen LogP contribution < -0.4 is 10.7 Å². The van der Waals surface area contributed by atoms with E-state index in [0.717, 1.165) is 0 Å². The van der Waals surface area contributed by atoms with E-state index in [4.69, 9.17) is 4.42 Å². The molecule has 2 N–H and O–H groups in total. The highest BCUT2D eigenvalue weighted by Crippen LogP contribution is 2.35. The third kappa shape index (κ3) is 2.44. The molecule has 22 heavy (non-hydrogen) atoms. The van der Waals surface area contributed by atoms with Gasteiger partial charge in [-0.15, -0.1) is 0 Å². The van der Waals surface area contributed by atoms with Crippen LogP contribution in [0.25, 0.3) is 22.3 Å². The Morgan fingerprint density at radius 1 is 1.14 bits per heavy atom. The summed E-state index contributed by atoms with van der Waals surface area (Å²) in [4.78, 5) is 23.3. The second-order valence-corrected chi connectivity index (χ2v) is 4.85. The van der Waals surface area contributed by atoms with Gasteiger partial charge in [-0.2, -0.15) is 0 Å². The van der Waals surface area contributed by atoms with E-state index >= 15 is 0 Å². The molecule has 0 aliphatic heterocycles. The number of aromatic hydroxyl groups is 1. The predicted octanol–water partition coefficient (Wildman–Crippen LogP) is 3.12. The van der Waals surface area contributed by atoms with Crippen molar-refractivity contribution in [3.8, 4) is 17.1 Å². The molecule has 1 amide bonds. The zero-order chi connectivity index (χ0) is 15.7. The molecule has 3 rings (SSSR count). The molecule has 110 valence electrons. The van der Waals surface area contributed by atoms with Crippen LogP contribution in [0, 0.1) is 0 Å². The van der Waals surface area contributed by atoms with Gasteiger partial charge in [-0.05, 0) is 24.3 Å². The first kappa shape index (κ1) is 13.9. The Morgan fingerprint density at radius 2 is 1.91 bits per heavy atom. The maximum atomic E-state index is 12.1. The molecule has 3 aromatic rings. The van der Waals surface area contributed by atoms with E-state index in [-0.39, 0.29) is 28.5 Å². The second-order valence-electron chi connectivity index (χ2n) is 4.85. The molecule has 0 aliphatic carbocycles. The largest absolute Gasteiger partial charge is 0.505 e. The lowest BCUT2D eigenvalue weighted by Gasteiger charge is -2.10. The number of carbonyl (C=O) groups is 1. The van der Waals surface area contributed by atoms with Crippen LogP contribution in [-0.2, 0) is 4.79 Å². The molecule has 5 nitrogen and oxygen atoms in total. The summed E-state index contributed by atoms with van der Waals surface area (Å²) < 4.78 is 5.70. The number of phenols is 1. The normalized spacial score (nSPS) is 10.6. The van der Waals surface area contributed by atoms with Crippen LogP contribution in [0.3, 0.4) is 0 Å². The van der Waals surface area contributed by atoms with Crippen LogP contribution >= 0.6 is 0 Å². The van der Waals surface area contributed by atoms with Gasteiger partial charge in [0.25, 0.3) is 0 Å². The van der Waals surface area contributed by atoms with Gasteiger partial charge < -0.3 is 14.8 Å². The average Bonchev–Trinajstić information content (AvgIpc) is 2.49. The van der Waals surface area contributed by atoms with E-state index in [1.807, 2.05) is 0 Å². The number of fused-ring (bicyclic) bond motifs is 1. The molecule has 1 aromatic heterocycles. The van der Waals surface area contributed by atoms with Crippen molar-refractivity contribution in [1.29, 1.82) is 0 Å². The van der Waals surface area contributed by atoms with Gasteiger partial charge in [-0.3, -0.25) is 9.59 Å². The number of hydrogen-bond acceptors (Lipinski definition) is 4. The molecule has 0 spiro atoms. The van der Waals surface area contributed by atoms with Crippen molar-refractivity contribution < 1.29 is 14.3 Å². The predicted molar refractivity (Wildman–Crippen MR) is 83.9 cm³/mol. The Morgan fingerprint density at radius 3 is 2.68 bits per heavy atom. The lowest BCUT2D eigenvalue weighted by molar-refractivity contribution is -0.114. The molecule has 0 atom stereocenters. The Labute approximate surface area is 125 Å². The quantitative estimate of drug-likeness (QED) is 0.712. The number of nitrogens with one attached hydrogen (secondary N) is 1. The second kappa shape index (κ2) is 5.37. The van der Waals surface area contributed by atoms with Crippen molar-refractivity contribution in [1.82, 2.24) is 0 Å². The summed E-state index contributed by atoms with van der Waals surface area (Å²) in [5, 5.41) is 13.3. The molecule has 2 aromatic carbocycles. The summed E-state index contributed by atoms with van der Waals surface area (Å²) in [7, 11) is 0. The standard InChI is InChI=1S/C17H13NO4/c1-10(19)18-13-7-4-6-12(17(13)21)16-9-14(20)11-5-2-3-8-15(11)22-16/h2-9,21H,1H3,(H,18,19). The molecule has 0 saturated carbocycles. The minimum atomic E-state index is -0.299. The number of anilines is 1. The van der Waals surface area contributed by atoms with Crippen LogP contribution in [0.4, 0.5) is 5.69 Å². The average molecular weight is 295 g/mol. The van der Waals surface area contributed by atoms with Crippen LogP contribution in [-0.4, -0.2) is 11.0 Å². The minimum Gasteiger partial charge on any atom is -0.505 e. The number of benzene rings is 2. The Bertz CT molecular complexity index is 927. The maximum Gasteiger partial charge on any atom is 0.221 e. The summed E-state index contributed by atoms with van der Waals surface area (Å²) in [5.41, 5.74) is 0.852. The first-order valence-corrected chi connectivity index (χ1v) is 6.69. The highest BCUT2D eigenvalue weighted by molar-refractivity contribution is 5.92.